The van der Waals surface area contributed by atoms with Crippen molar-refractivity contribution in [3.63, 3.8) is 0 Å². The van der Waals surface area contributed by atoms with Gasteiger partial charge in [0.15, 0.2) is 5.82 Å². The maximum absolute atomic E-state index is 13.4. The Morgan fingerprint density at radius 2 is 1.52 bits per heavy atom. The third-order valence-corrected chi connectivity index (χ3v) is 4.07. The van der Waals surface area contributed by atoms with Gasteiger partial charge < -0.3 is 0 Å². The lowest BCUT2D eigenvalue weighted by Gasteiger charge is -2.09. The summed E-state index contributed by atoms with van der Waals surface area (Å²) < 4.78 is 13.4. The van der Waals surface area contributed by atoms with E-state index in [0.717, 1.165) is 21.7 Å². The van der Waals surface area contributed by atoms with Gasteiger partial charge in [0.1, 0.15) is 5.82 Å². The molecule has 0 unspecified atom stereocenters. The first-order chi connectivity index (χ1) is 11.3. The highest BCUT2D eigenvalue weighted by molar-refractivity contribution is 7.98. The first-order valence-corrected chi connectivity index (χ1v) is 8.39. The average Bonchev–Trinajstić information content (AvgIpc) is 2.62. The second-order valence-electron chi connectivity index (χ2n) is 4.87. The standard InChI is InChI=1S/C19H15FN2S/c1-23-17-12-16(20)13-21-19(17)22-18(14-8-4-2-5-9-14)15-10-6-3-7-11-15/h2-13H,1H3. The van der Waals surface area contributed by atoms with Gasteiger partial charge in [-0.3, -0.25) is 0 Å². The summed E-state index contributed by atoms with van der Waals surface area (Å²) in [6.07, 6.45) is 3.09. The summed E-state index contributed by atoms with van der Waals surface area (Å²) in [6.45, 7) is 0. The third kappa shape index (κ3) is 3.66. The van der Waals surface area contributed by atoms with E-state index in [1.54, 1.807) is 0 Å². The smallest absolute Gasteiger partial charge is 0.166 e. The number of nitrogens with zero attached hydrogens (tertiary/aromatic N) is 2. The molecule has 2 nitrogen and oxygen atoms in total. The van der Waals surface area contributed by atoms with Crippen molar-refractivity contribution >= 4 is 23.3 Å². The molecule has 0 bridgehead atoms. The summed E-state index contributed by atoms with van der Waals surface area (Å²) >= 11 is 1.43. The minimum atomic E-state index is -0.353. The van der Waals surface area contributed by atoms with Crippen molar-refractivity contribution in [2.24, 2.45) is 4.99 Å². The quantitative estimate of drug-likeness (QED) is 0.492. The molecule has 114 valence electrons. The van der Waals surface area contributed by atoms with E-state index in [0.29, 0.717) is 5.82 Å². The summed E-state index contributed by atoms with van der Waals surface area (Å²) in [7, 11) is 0. The highest BCUT2D eigenvalue weighted by Crippen LogP contribution is 2.27. The number of benzene rings is 2. The van der Waals surface area contributed by atoms with E-state index in [-0.39, 0.29) is 5.82 Å². The monoisotopic (exact) mass is 322 g/mol. The molecule has 0 spiro atoms. The zero-order valence-electron chi connectivity index (χ0n) is 12.6. The van der Waals surface area contributed by atoms with Crippen LogP contribution in [0.1, 0.15) is 11.1 Å². The van der Waals surface area contributed by atoms with E-state index in [9.17, 15) is 4.39 Å². The van der Waals surface area contributed by atoms with Crippen LogP contribution in [0.15, 0.2) is 82.8 Å². The van der Waals surface area contributed by atoms with Gasteiger partial charge in [-0.05, 0) is 12.3 Å². The fourth-order valence-corrected chi connectivity index (χ4v) is 2.75. The molecular weight excluding hydrogens is 307 g/mol. The van der Waals surface area contributed by atoms with Gasteiger partial charge in [-0.25, -0.2) is 14.4 Å². The zero-order chi connectivity index (χ0) is 16.1. The number of hydrogen-bond acceptors (Lipinski definition) is 3. The molecule has 3 aromatic rings. The lowest BCUT2D eigenvalue weighted by molar-refractivity contribution is 0.617. The summed E-state index contributed by atoms with van der Waals surface area (Å²) in [6, 6.07) is 21.3. The Morgan fingerprint density at radius 1 is 0.957 bits per heavy atom. The van der Waals surface area contributed by atoms with E-state index >= 15 is 0 Å². The van der Waals surface area contributed by atoms with Crippen molar-refractivity contribution in [3.8, 4) is 0 Å². The first-order valence-electron chi connectivity index (χ1n) is 7.17. The third-order valence-electron chi connectivity index (χ3n) is 3.33. The Kier molecular flexibility index (Phi) is 4.83. The fraction of sp³-hybridized carbons (Fsp3) is 0.0526. The lowest BCUT2D eigenvalue weighted by atomic mass is 10.0. The average molecular weight is 322 g/mol. The first kappa shape index (κ1) is 15.4. The Bertz CT molecular complexity index is 776. The summed E-state index contributed by atoms with van der Waals surface area (Å²) in [5.41, 5.74) is 2.81. The van der Waals surface area contributed by atoms with Gasteiger partial charge in [-0.1, -0.05) is 60.7 Å². The maximum Gasteiger partial charge on any atom is 0.166 e. The number of aromatic nitrogens is 1. The van der Waals surface area contributed by atoms with Crippen LogP contribution in [0.4, 0.5) is 10.2 Å². The van der Waals surface area contributed by atoms with E-state index in [2.05, 4.69) is 4.98 Å². The fourth-order valence-electron chi connectivity index (χ4n) is 2.24. The van der Waals surface area contributed by atoms with Crippen LogP contribution in [0.5, 0.6) is 0 Å². The van der Waals surface area contributed by atoms with Crippen LogP contribution in [0.2, 0.25) is 0 Å². The van der Waals surface area contributed by atoms with E-state index in [1.807, 2.05) is 66.9 Å². The van der Waals surface area contributed by atoms with Crippen LogP contribution in [-0.4, -0.2) is 17.0 Å². The molecule has 3 rings (SSSR count). The second-order valence-corrected chi connectivity index (χ2v) is 5.72. The number of halogens is 1. The van der Waals surface area contributed by atoms with E-state index in [1.165, 1.54) is 24.0 Å². The highest BCUT2D eigenvalue weighted by atomic mass is 32.2. The second kappa shape index (κ2) is 7.20. The van der Waals surface area contributed by atoms with Gasteiger partial charge in [0.2, 0.25) is 0 Å². The molecule has 0 aliphatic heterocycles. The van der Waals surface area contributed by atoms with Gasteiger partial charge in [-0.15, -0.1) is 11.8 Å². The van der Waals surface area contributed by atoms with Crippen molar-refractivity contribution in [3.05, 3.63) is 89.9 Å². The Hall–Kier alpha value is -2.46. The van der Waals surface area contributed by atoms with Crippen LogP contribution >= 0.6 is 11.8 Å². The van der Waals surface area contributed by atoms with Crippen LogP contribution < -0.4 is 0 Å². The van der Waals surface area contributed by atoms with Gasteiger partial charge in [0.25, 0.3) is 0 Å². The molecule has 1 aromatic heterocycles. The highest BCUT2D eigenvalue weighted by Gasteiger charge is 2.10. The molecular formula is C19H15FN2S. The van der Waals surface area contributed by atoms with Crippen LogP contribution in [0, 0.1) is 5.82 Å². The summed E-state index contributed by atoms with van der Waals surface area (Å²) in [4.78, 5) is 9.60. The van der Waals surface area contributed by atoms with Crippen molar-refractivity contribution in [2.45, 2.75) is 4.90 Å². The van der Waals surface area contributed by atoms with Crippen molar-refractivity contribution < 1.29 is 4.39 Å². The normalized spacial score (nSPS) is 10.3. The molecule has 0 aliphatic rings. The Labute approximate surface area is 139 Å². The lowest BCUT2D eigenvalue weighted by Crippen LogP contribution is -2.03. The number of rotatable bonds is 4. The maximum atomic E-state index is 13.4. The molecule has 0 saturated heterocycles. The van der Waals surface area contributed by atoms with Crippen LogP contribution in [0.25, 0.3) is 0 Å². The molecule has 23 heavy (non-hydrogen) atoms. The number of pyridine rings is 1. The van der Waals surface area contributed by atoms with Gasteiger partial charge in [-0.2, -0.15) is 0 Å². The summed E-state index contributed by atoms with van der Waals surface area (Å²) in [5.74, 6) is 0.177. The van der Waals surface area contributed by atoms with Gasteiger partial charge >= 0.3 is 0 Å². The molecule has 0 saturated carbocycles. The topological polar surface area (TPSA) is 25.2 Å². The summed E-state index contributed by atoms with van der Waals surface area (Å²) in [5, 5.41) is 0. The molecule has 4 heteroatoms. The number of thioether (sulfide) groups is 1. The molecule has 2 aromatic carbocycles. The molecule has 0 amide bonds. The molecule has 0 fully saturated rings. The van der Waals surface area contributed by atoms with Crippen molar-refractivity contribution in [1.82, 2.24) is 4.98 Å². The Morgan fingerprint density at radius 3 is 2.04 bits per heavy atom. The molecule has 0 N–H and O–H groups in total. The van der Waals surface area contributed by atoms with Crippen molar-refractivity contribution in [2.75, 3.05) is 6.26 Å². The van der Waals surface area contributed by atoms with Gasteiger partial charge in [0.05, 0.1) is 16.8 Å². The van der Waals surface area contributed by atoms with Crippen molar-refractivity contribution in [1.29, 1.82) is 0 Å². The molecule has 0 atom stereocenters. The van der Waals surface area contributed by atoms with E-state index in [4.69, 9.17) is 4.99 Å². The SMILES string of the molecule is CSc1cc(F)cnc1N=C(c1ccccc1)c1ccccc1. The minimum Gasteiger partial charge on any atom is -0.233 e. The molecule has 0 aliphatic carbocycles. The number of hydrogen-bond donors (Lipinski definition) is 0. The van der Waals surface area contributed by atoms with Crippen LogP contribution in [0.3, 0.4) is 0 Å². The minimum absolute atomic E-state index is 0.353. The predicted octanol–water partition coefficient (Wildman–Crippen LogP) is 5.11. The van der Waals surface area contributed by atoms with Gasteiger partial charge in [0, 0.05) is 11.1 Å². The number of aliphatic imine (C=N–C) groups is 1. The molecule has 1 heterocycles. The Balaban J connectivity index is 2.16. The zero-order valence-corrected chi connectivity index (χ0v) is 13.4. The predicted molar refractivity (Wildman–Crippen MR) is 94.2 cm³/mol. The van der Waals surface area contributed by atoms with Crippen LogP contribution in [-0.2, 0) is 0 Å². The largest absolute Gasteiger partial charge is 0.233 e. The molecule has 0 radical (unpaired) electrons. The van der Waals surface area contributed by atoms with E-state index < -0.39 is 0 Å².